The van der Waals surface area contributed by atoms with Crippen LogP contribution in [0.1, 0.15) is 34.2 Å². The third-order valence-electron chi connectivity index (χ3n) is 3.85. The number of aromatic nitrogens is 2. The minimum Gasteiger partial charge on any atom is -0.456 e. The van der Waals surface area contributed by atoms with E-state index < -0.39 is 10.9 Å². The second-order valence-corrected chi connectivity index (χ2v) is 5.57. The van der Waals surface area contributed by atoms with Crippen LogP contribution in [0.2, 0.25) is 0 Å². The SMILES string of the molecule is CCc1ccc(C(=O)COC(=O)Cn2nc(C)c([N+](=O)[O-])c2C)cc1. The minimum absolute atomic E-state index is 0.125. The van der Waals surface area contributed by atoms with Gasteiger partial charge >= 0.3 is 11.7 Å². The Balaban J connectivity index is 1.95. The van der Waals surface area contributed by atoms with Gasteiger partial charge in [0.25, 0.3) is 0 Å². The third kappa shape index (κ3) is 4.28. The highest BCUT2D eigenvalue weighted by molar-refractivity contribution is 5.97. The molecular weight excluding hydrogens is 326 g/mol. The molecule has 0 radical (unpaired) electrons. The van der Waals surface area contributed by atoms with Crippen molar-refractivity contribution < 1.29 is 19.2 Å². The van der Waals surface area contributed by atoms with E-state index in [0.29, 0.717) is 5.56 Å². The number of hydrogen-bond donors (Lipinski definition) is 0. The predicted octanol–water partition coefficient (Wildman–Crippen LogP) is 2.40. The molecule has 0 bridgehead atoms. The van der Waals surface area contributed by atoms with E-state index in [1.54, 1.807) is 12.1 Å². The predicted molar refractivity (Wildman–Crippen MR) is 89.5 cm³/mol. The highest BCUT2D eigenvalue weighted by Crippen LogP contribution is 2.21. The first-order valence-electron chi connectivity index (χ1n) is 7.79. The number of hydrogen-bond acceptors (Lipinski definition) is 6. The van der Waals surface area contributed by atoms with Crippen molar-refractivity contribution in [2.75, 3.05) is 6.61 Å². The second-order valence-electron chi connectivity index (χ2n) is 5.57. The Kier molecular flexibility index (Phi) is 5.63. The van der Waals surface area contributed by atoms with Gasteiger partial charge in [-0.2, -0.15) is 5.10 Å². The van der Waals surface area contributed by atoms with Gasteiger partial charge in [0.05, 0.1) is 4.92 Å². The molecule has 25 heavy (non-hydrogen) atoms. The van der Waals surface area contributed by atoms with Crippen molar-refractivity contribution in [2.45, 2.75) is 33.7 Å². The third-order valence-corrected chi connectivity index (χ3v) is 3.85. The van der Waals surface area contributed by atoms with Crippen LogP contribution in [0.15, 0.2) is 24.3 Å². The molecule has 0 aliphatic heterocycles. The topological polar surface area (TPSA) is 104 Å². The summed E-state index contributed by atoms with van der Waals surface area (Å²) in [5, 5.41) is 14.9. The van der Waals surface area contributed by atoms with Crippen LogP contribution >= 0.6 is 0 Å². The zero-order valence-electron chi connectivity index (χ0n) is 14.3. The second kappa shape index (κ2) is 7.69. The summed E-state index contributed by atoms with van der Waals surface area (Å²) < 4.78 is 6.17. The van der Waals surface area contributed by atoms with Gasteiger partial charge in [0.1, 0.15) is 17.9 Å². The molecule has 0 aliphatic carbocycles. The molecule has 0 spiro atoms. The molecule has 2 rings (SSSR count). The molecule has 132 valence electrons. The standard InChI is InChI=1S/C17H19N3O5/c1-4-13-5-7-14(8-6-13)15(21)10-25-16(22)9-19-12(3)17(20(23)24)11(2)18-19/h5-8H,4,9-10H2,1-3H3. The van der Waals surface area contributed by atoms with Gasteiger partial charge in [-0.1, -0.05) is 31.2 Å². The number of nitro groups is 1. The van der Waals surface area contributed by atoms with Crippen LogP contribution in [0.3, 0.4) is 0 Å². The molecule has 0 N–H and O–H groups in total. The van der Waals surface area contributed by atoms with Crippen molar-refractivity contribution in [3.05, 3.63) is 56.9 Å². The Morgan fingerprint density at radius 2 is 1.88 bits per heavy atom. The molecule has 0 unspecified atom stereocenters. The van der Waals surface area contributed by atoms with E-state index in [0.717, 1.165) is 12.0 Å². The molecule has 1 heterocycles. The van der Waals surface area contributed by atoms with Crippen molar-refractivity contribution in [3.63, 3.8) is 0 Å². The van der Waals surface area contributed by atoms with Crippen LogP contribution in [-0.2, 0) is 22.5 Å². The van der Waals surface area contributed by atoms with E-state index in [4.69, 9.17) is 4.74 Å². The first kappa shape index (κ1) is 18.3. The van der Waals surface area contributed by atoms with Gasteiger partial charge in [-0.15, -0.1) is 0 Å². The van der Waals surface area contributed by atoms with Crippen molar-refractivity contribution in [1.82, 2.24) is 9.78 Å². The Morgan fingerprint density at radius 1 is 1.24 bits per heavy atom. The van der Waals surface area contributed by atoms with Crippen LogP contribution in [0.25, 0.3) is 0 Å². The lowest BCUT2D eigenvalue weighted by Crippen LogP contribution is -2.19. The Hall–Kier alpha value is -3.03. The Bertz CT molecular complexity index is 808. The van der Waals surface area contributed by atoms with E-state index in [1.807, 2.05) is 19.1 Å². The van der Waals surface area contributed by atoms with Gasteiger partial charge in [0, 0.05) is 5.56 Å². The monoisotopic (exact) mass is 345 g/mol. The van der Waals surface area contributed by atoms with Crippen molar-refractivity contribution in [2.24, 2.45) is 0 Å². The number of rotatable bonds is 7. The maximum Gasteiger partial charge on any atom is 0.328 e. The smallest absolute Gasteiger partial charge is 0.328 e. The number of Topliss-reactive ketones (excluding diaryl/α,β-unsaturated/α-hetero) is 1. The summed E-state index contributed by atoms with van der Waals surface area (Å²) in [4.78, 5) is 34.3. The number of esters is 1. The van der Waals surface area contributed by atoms with Gasteiger partial charge in [-0.3, -0.25) is 24.4 Å². The molecule has 1 aromatic carbocycles. The molecule has 8 nitrogen and oxygen atoms in total. The molecule has 0 saturated heterocycles. The van der Waals surface area contributed by atoms with Crippen LogP contribution in [-0.4, -0.2) is 33.1 Å². The fraction of sp³-hybridized carbons (Fsp3) is 0.353. The van der Waals surface area contributed by atoms with Crippen molar-refractivity contribution >= 4 is 17.4 Å². The van der Waals surface area contributed by atoms with E-state index in [2.05, 4.69) is 5.10 Å². The van der Waals surface area contributed by atoms with Crippen molar-refractivity contribution in [1.29, 1.82) is 0 Å². The summed E-state index contributed by atoms with van der Waals surface area (Å²) in [7, 11) is 0. The quantitative estimate of drug-likeness (QED) is 0.330. The molecule has 0 saturated carbocycles. The van der Waals surface area contributed by atoms with Crippen LogP contribution < -0.4 is 0 Å². The minimum atomic E-state index is -0.681. The van der Waals surface area contributed by atoms with Crippen LogP contribution in [0.5, 0.6) is 0 Å². The summed E-state index contributed by atoms with van der Waals surface area (Å²) in [6, 6.07) is 7.09. The number of carbonyl (C=O) groups is 2. The normalized spacial score (nSPS) is 10.5. The van der Waals surface area contributed by atoms with E-state index in [9.17, 15) is 19.7 Å². The zero-order chi connectivity index (χ0) is 18.6. The number of aryl methyl sites for hydroxylation is 2. The molecular formula is C17H19N3O5. The van der Waals surface area contributed by atoms with Gasteiger partial charge in [-0.05, 0) is 25.8 Å². The lowest BCUT2D eigenvalue weighted by molar-refractivity contribution is -0.386. The summed E-state index contributed by atoms with van der Waals surface area (Å²) in [5.74, 6) is -0.991. The number of ketones is 1. The maximum absolute atomic E-state index is 12.0. The molecule has 1 aromatic heterocycles. The molecule has 8 heteroatoms. The van der Waals surface area contributed by atoms with E-state index in [-0.39, 0.29) is 36.0 Å². The number of nitrogens with zero attached hydrogens (tertiary/aromatic N) is 3. The van der Waals surface area contributed by atoms with Crippen LogP contribution in [0.4, 0.5) is 5.69 Å². The fourth-order valence-corrected chi connectivity index (χ4v) is 2.43. The highest BCUT2D eigenvalue weighted by Gasteiger charge is 2.23. The molecule has 0 atom stereocenters. The highest BCUT2D eigenvalue weighted by atomic mass is 16.6. The summed E-state index contributed by atoms with van der Waals surface area (Å²) in [6.07, 6.45) is 0.873. The summed E-state index contributed by atoms with van der Waals surface area (Å²) >= 11 is 0. The lowest BCUT2D eigenvalue weighted by Gasteiger charge is -2.06. The fourth-order valence-electron chi connectivity index (χ4n) is 2.43. The van der Waals surface area contributed by atoms with Gasteiger partial charge in [0.15, 0.2) is 12.4 Å². The molecule has 0 amide bonds. The molecule has 2 aromatic rings. The van der Waals surface area contributed by atoms with Crippen LogP contribution in [0, 0.1) is 24.0 Å². The average Bonchev–Trinajstić information content (AvgIpc) is 2.86. The largest absolute Gasteiger partial charge is 0.456 e. The number of carbonyl (C=O) groups excluding carboxylic acids is 2. The number of benzene rings is 1. The Morgan fingerprint density at radius 3 is 2.40 bits per heavy atom. The summed E-state index contributed by atoms with van der Waals surface area (Å²) in [6.45, 7) is 4.35. The average molecular weight is 345 g/mol. The van der Waals surface area contributed by atoms with Gasteiger partial charge < -0.3 is 4.74 Å². The van der Waals surface area contributed by atoms with Crippen molar-refractivity contribution in [3.8, 4) is 0 Å². The van der Waals surface area contributed by atoms with E-state index >= 15 is 0 Å². The molecule has 0 aliphatic rings. The zero-order valence-corrected chi connectivity index (χ0v) is 14.3. The molecule has 0 fully saturated rings. The first-order valence-corrected chi connectivity index (χ1v) is 7.79. The first-order chi connectivity index (χ1) is 11.8. The van der Waals surface area contributed by atoms with Gasteiger partial charge in [-0.25, -0.2) is 0 Å². The lowest BCUT2D eigenvalue weighted by atomic mass is 10.1. The van der Waals surface area contributed by atoms with Gasteiger partial charge in [0.2, 0.25) is 0 Å². The Labute approximate surface area is 144 Å². The maximum atomic E-state index is 12.0. The summed E-state index contributed by atoms with van der Waals surface area (Å²) in [5.41, 5.74) is 1.94. The van der Waals surface area contributed by atoms with E-state index in [1.165, 1.54) is 18.5 Å². The number of ether oxygens (including phenoxy) is 1.